The number of H-pyrrole nitrogens is 1. The lowest BCUT2D eigenvalue weighted by atomic mass is 9.76. The highest BCUT2D eigenvalue weighted by atomic mass is 32.2. The molecule has 158 valence electrons. The number of carbonyl (C=O) groups excluding carboxylic acids is 1. The first-order chi connectivity index (χ1) is 14.1. The third kappa shape index (κ3) is 3.82. The first-order valence-electron chi connectivity index (χ1n) is 10.3. The van der Waals surface area contributed by atoms with Crippen LogP contribution in [0.5, 0.6) is 0 Å². The summed E-state index contributed by atoms with van der Waals surface area (Å²) in [5, 5.41) is 0.819. The number of hydrogen-bond acceptors (Lipinski definition) is 3. The molecule has 0 saturated heterocycles. The molecule has 1 aromatic heterocycles. The largest absolute Gasteiger partial charge is 0.358 e. The normalized spacial score (nSPS) is 17.1. The van der Waals surface area contributed by atoms with Crippen molar-refractivity contribution < 1.29 is 13.2 Å². The topological polar surface area (TPSA) is 79.0 Å². The van der Waals surface area contributed by atoms with E-state index in [0.29, 0.717) is 24.0 Å². The van der Waals surface area contributed by atoms with Crippen molar-refractivity contribution in [2.45, 2.75) is 51.3 Å². The molecule has 0 fully saturated rings. The van der Waals surface area contributed by atoms with Crippen LogP contribution in [0.25, 0.3) is 10.9 Å². The van der Waals surface area contributed by atoms with E-state index in [1.165, 1.54) is 0 Å². The van der Waals surface area contributed by atoms with Crippen LogP contribution in [-0.4, -0.2) is 25.7 Å². The number of ketones is 1. The van der Waals surface area contributed by atoms with Crippen LogP contribution in [0.3, 0.4) is 0 Å². The molecule has 4 rings (SSSR count). The Morgan fingerprint density at radius 2 is 1.83 bits per heavy atom. The summed E-state index contributed by atoms with van der Waals surface area (Å²) in [6.07, 6.45) is 1.28. The number of aryl methyl sites for hydroxylation is 1. The second-order valence-electron chi connectivity index (χ2n) is 9.25. The minimum atomic E-state index is -3.68. The fourth-order valence-electron chi connectivity index (χ4n) is 4.40. The van der Waals surface area contributed by atoms with Crippen molar-refractivity contribution in [2.24, 2.45) is 5.41 Å². The van der Waals surface area contributed by atoms with Crippen LogP contribution in [-0.2, 0) is 16.4 Å². The van der Waals surface area contributed by atoms with Crippen molar-refractivity contribution in [2.75, 3.05) is 6.54 Å². The molecule has 2 N–H and O–H groups in total. The van der Waals surface area contributed by atoms with Crippen LogP contribution >= 0.6 is 0 Å². The van der Waals surface area contributed by atoms with Gasteiger partial charge in [-0.15, -0.1) is 0 Å². The Morgan fingerprint density at radius 1 is 1.13 bits per heavy atom. The Hall–Kier alpha value is -2.44. The zero-order valence-electron chi connectivity index (χ0n) is 17.9. The van der Waals surface area contributed by atoms with Gasteiger partial charge in [-0.3, -0.25) is 4.79 Å². The maximum atomic E-state index is 13.1. The Morgan fingerprint density at radius 3 is 2.53 bits per heavy atom. The summed E-state index contributed by atoms with van der Waals surface area (Å²) in [5.41, 5.74) is 3.97. The molecule has 0 saturated carbocycles. The van der Waals surface area contributed by atoms with Gasteiger partial charge in [0.2, 0.25) is 10.0 Å². The molecule has 6 heteroatoms. The zero-order valence-corrected chi connectivity index (χ0v) is 18.7. The highest BCUT2D eigenvalue weighted by molar-refractivity contribution is 7.89. The van der Waals surface area contributed by atoms with E-state index < -0.39 is 10.0 Å². The number of nitrogens with one attached hydrogen (secondary N) is 2. The summed E-state index contributed by atoms with van der Waals surface area (Å²) < 4.78 is 28.9. The molecule has 2 aromatic carbocycles. The molecule has 30 heavy (non-hydrogen) atoms. The van der Waals surface area contributed by atoms with Gasteiger partial charge in [0.25, 0.3) is 0 Å². The van der Waals surface area contributed by atoms with Gasteiger partial charge in [0, 0.05) is 35.1 Å². The van der Waals surface area contributed by atoms with E-state index in [1.54, 1.807) is 13.0 Å². The Balaban J connectivity index is 1.66. The van der Waals surface area contributed by atoms with Crippen LogP contribution in [0.15, 0.2) is 47.4 Å². The smallest absolute Gasteiger partial charge is 0.240 e. The summed E-state index contributed by atoms with van der Waals surface area (Å²) in [6, 6.07) is 13.3. The lowest BCUT2D eigenvalue weighted by molar-refractivity contribution is 0.0913. The third-order valence-electron chi connectivity index (χ3n) is 5.98. The van der Waals surface area contributed by atoms with Crippen molar-refractivity contribution in [1.82, 2.24) is 9.71 Å². The Bertz CT molecular complexity index is 1220. The van der Waals surface area contributed by atoms with Gasteiger partial charge in [-0.1, -0.05) is 51.1 Å². The molecule has 0 amide bonds. The maximum Gasteiger partial charge on any atom is 0.240 e. The highest BCUT2D eigenvalue weighted by Crippen LogP contribution is 2.39. The third-order valence-corrected chi connectivity index (χ3v) is 7.55. The number of hydrogen-bond donors (Lipinski definition) is 2. The molecule has 1 heterocycles. The van der Waals surface area contributed by atoms with E-state index in [-0.39, 0.29) is 22.0 Å². The second-order valence-corrected chi connectivity index (χ2v) is 11.0. The first kappa shape index (κ1) is 20.8. The molecule has 0 aliphatic heterocycles. The van der Waals surface area contributed by atoms with Gasteiger partial charge >= 0.3 is 0 Å². The van der Waals surface area contributed by atoms with E-state index >= 15 is 0 Å². The molecule has 3 aromatic rings. The lowest BCUT2D eigenvalue weighted by Gasteiger charge is -2.28. The van der Waals surface area contributed by atoms with Crippen LogP contribution in [0.2, 0.25) is 0 Å². The average Bonchev–Trinajstić information content (AvgIpc) is 3.02. The van der Waals surface area contributed by atoms with Gasteiger partial charge in [0.1, 0.15) is 0 Å². The van der Waals surface area contributed by atoms with Crippen molar-refractivity contribution in [3.8, 4) is 0 Å². The fraction of sp³-hybridized carbons (Fsp3) is 0.375. The van der Waals surface area contributed by atoms with Gasteiger partial charge in [0.05, 0.1) is 4.90 Å². The maximum absolute atomic E-state index is 13.1. The quantitative estimate of drug-likeness (QED) is 0.622. The van der Waals surface area contributed by atoms with E-state index in [2.05, 4.69) is 23.6 Å². The lowest BCUT2D eigenvalue weighted by Crippen LogP contribution is -2.28. The molecule has 0 radical (unpaired) electrons. The minimum Gasteiger partial charge on any atom is -0.358 e. The van der Waals surface area contributed by atoms with Gasteiger partial charge in [-0.2, -0.15) is 0 Å². The molecule has 1 aliphatic rings. The summed E-state index contributed by atoms with van der Waals surface area (Å²) in [6.45, 7) is 8.26. The highest BCUT2D eigenvalue weighted by Gasteiger charge is 2.34. The number of fused-ring (bicyclic) bond motifs is 3. The number of Topliss-reactive ketones (excluding diaryl/α,β-unsaturated/α-hetero) is 1. The molecular weight excluding hydrogens is 396 g/mol. The molecule has 1 unspecified atom stereocenters. The number of benzene rings is 2. The van der Waals surface area contributed by atoms with Gasteiger partial charge in [0.15, 0.2) is 5.78 Å². The molecule has 1 atom stereocenters. The van der Waals surface area contributed by atoms with E-state index in [1.807, 2.05) is 43.3 Å². The molecule has 1 aliphatic carbocycles. The molecule has 5 nitrogen and oxygen atoms in total. The molecular formula is C24H28N2O3S. The van der Waals surface area contributed by atoms with Crippen molar-refractivity contribution >= 4 is 26.7 Å². The SMILES string of the molecule is Cc1cc2c3c([nH]c2cc1S(=O)(=O)NCC(C)c1ccccc1)CC(C)(C)CC3=O. The predicted octanol–water partition coefficient (Wildman–Crippen LogP) is 4.71. The Kier molecular flexibility index (Phi) is 5.11. The number of carbonyl (C=O) groups is 1. The minimum absolute atomic E-state index is 0.0580. The second kappa shape index (κ2) is 7.36. The van der Waals surface area contributed by atoms with Gasteiger partial charge in [-0.25, -0.2) is 13.1 Å². The summed E-state index contributed by atoms with van der Waals surface area (Å²) in [4.78, 5) is 16.3. The number of rotatable bonds is 5. The van der Waals surface area contributed by atoms with Crippen LogP contribution in [0.1, 0.15) is 60.3 Å². The zero-order chi connectivity index (χ0) is 21.7. The predicted molar refractivity (Wildman–Crippen MR) is 120 cm³/mol. The van der Waals surface area contributed by atoms with E-state index in [0.717, 1.165) is 28.6 Å². The standard InChI is InChI=1S/C24H28N2O3S/c1-15-10-18-19(26-20-12-24(3,4)13-21(27)23(18)20)11-22(15)30(28,29)25-14-16(2)17-8-6-5-7-9-17/h5-11,16,25-26H,12-14H2,1-4H3. The molecule has 0 bridgehead atoms. The Labute approximate surface area is 177 Å². The number of aromatic nitrogens is 1. The van der Waals surface area contributed by atoms with Crippen molar-refractivity contribution in [3.63, 3.8) is 0 Å². The van der Waals surface area contributed by atoms with Crippen molar-refractivity contribution in [1.29, 1.82) is 0 Å². The monoisotopic (exact) mass is 424 g/mol. The summed E-state index contributed by atoms with van der Waals surface area (Å²) >= 11 is 0. The van der Waals surface area contributed by atoms with E-state index in [9.17, 15) is 13.2 Å². The van der Waals surface area contributed by atoms with Gasteiger partial charge in [-0.05, 0) is 47.9 Å². The number of sulfonamides is 1. The average molecular weight is 425 g/mol. The van der Waals surface area contributed by atoms with Gasteiger partial charge < -0.3 is 4.98 Å². The van der Waals surface area contributed by atoms with E-state index in [4.69, 9.17) is 0 Å². The summed E-state index contributed by atoms with van der Waals surface area (Å²) in [5.74, 6) is 0.181. The first-order valence-corrected chi connectivity index (χ1v) is 11.8. The fourth-order valence-corrected chi connectivity index (χ4v) is 5.78. The molecule has 0 spiro atoms. The summed E-state index contributed by atoms with van der Waals surface area (Å²) in [7, 11) is -3.68. The van der Waals surface area contributed by atoms with Crippen LogP contribution in [0, 0.1) is 12.3 Å². The van der Waals surface area contributed by atoms with Crippen LogP contribution < -0.4 is 4.72 Å². The van der Waals surface area contributed by atoms with Crippen LogP contribution in [0.4, 0.5) is 0 Å². The van der Waals surface area contributed by atoms with Crippen molar-refractivity contribution in [3.05, 3.63) is 64.8 Å². The number of aromatic amines is 1.